The predicted octanol–water partition coefficient (Wildman–Crippen LogP) is 3.51. The van der Waals surface area contributed by atoms with Crippen LogP contribution in [0.5, 0.6) is 0 Å². The molecule has 0 atom stereocenters. The Morgan fingerprint density at radius 2 is 1.68 bits per heavy atom. The van der Waals surface area contributed by atoms with Crippen molar-refractivity contribution in [2.75, 3.05) is 32.7 Å². The highest BCUT2D eigenvalue weighted by molar-refractivity contribution is 6.35. The first-order chi connectivity index (χ1) is 14.6. The van der Waals surface area contributed by atoms with Crippen LogP contribution in [0.15, 0.2) is 52.1 Å². The molecule has 166 valence electrons. The maximum absolute atomic E-state index is 12.4. The quantitative estimate of drug-likeness (QED) is 0.430. The molecule has 1 aromatic carbocycles. The molecule has 0 saturated carbocycles. The molecule has 2 aliphatic carbocycles. The van der Waals surface area contributed by atoms with E-state index in [9.17, 15) is 9.59 Å². The van der Waals surface area contributed by atoms with Gasteiger partial charge in [0, 0.05) is 43.3 Å². The van der Waals surface area contributed by atoms with E-state index in [1.54, 1.807) is 12.1 Å². The second-order valence-electron chi connectivity index (χ2n) is 7.78. The van der Waals surface area contributed by atoms with Crippen molar-refractivity contribution in [3.8, 4) is 11.1 Å². The molecule has 6 nitrogen and oxygen atoms in total. The van der Waals surface area contributed by atoms with Gasteiger partial charge in [-0.25, -0.2) is 4.79 Å². The van der Waals surface area contributed by atoms with Crippen LogP contribution in [-0.2, 0) is 6.54 Å². The fourth-order valence-electron chi connectivity index (χ4n) is 3.84. The fourth-order valence-corrected chi connectivity index (χ4v) is 4.06. The second-order valence-corrected chi connectivity index (χ2v) is 8.19. The number of piperazine rings is 1. The number of para-hydroxylation sites is 1. The molecule has 8 heteroatoms. The summed E-state index contributed by atoms with van der Waals surface area (Å²) in [7, 11) is 0. The summed E-state index contributed by atoms with van der Waals surface area (Å²) in [5.74, 6) is 0. The van der Waals surface area contributed by atoms with Crippen LogP contribution in [0.4, 0.5) is 0 Å². The largest absolute Gasteiger partial charge is 0.328 e. The number of aromatic nitrogens is 2. The zero-order valence-corrected chi connectivity index (χ0v) is 19.0. The van der Waals surface area contributed by atoms with E-state index in [2.05, 4.69) is 21.3 Å². The molecule has 0 amide bonds. The van der Waals surface area contributed by atoms with Crippen molar-refractivity contribution in [2.45, 2.75) is 25.8 Å². The molecule has 3 aliphatic rings. The van der Waals surface area contributed by atoms with Gasteiger partial charge in [-0.3, -0.25) is 9.36 Å². The number of hydrogen-bond acceptors (Lipinski definition) is 4. The van der Waals surface area contributed by atoms with Gasteiger partial charge in [-0.15, -0.1) is 12.4 Å². The van der Waals surface area contributed by atoms with Gasteiger partial charge in [-0.05, 0) is 49.2 Å². The lowest BCUT2D eigenvalue weighted by Gasteiger charge is -2.27. The lowest BCUT2D eigenvalue weighted by Crippen LogP contribution is -2.43. The number of aromatic amines is 1. The minimum atomic E-state index is -0.309. The van der Waals surface area contributed by atoms with Crippen molar-refractivity contribution < 1.29 is 0 Å². The average Bonchev–Trinajstić information content (AvgIpc) is 3.47. The third-order valence-corrected chi connectivity index (χ3v) is 5.98. The first kappa shape index (κ1) is 23.5. The lowest BCUT2D eigenvalue weighted by molar-refractivity contribution is 0.235. The SMILES string of the molecule is Cl.Clc1ccc2cc1-2.O=c1[nH]c2ccccc2c(=O)n1CCCCCN1CCNCC1. The zero-order valence-electron chi connectivity index (χ0n) is 17.4. The molecule has 1 fully saturated rings. The molecule has 1 aromatic heterocycles. The van der Waals surface area contributed by atoms with E-state index < -0.39 is 0 Å². The molecule has 2 heterocycles. The van der Waals surface area contributed by atoms with Crippen molar-refractivity contribution in [3.63, 3.8) is 0 Å². The van der Waals surface area contributed by atoms with Crippen molar-refractivity contribution in [2.24, 2.45) is 0 Å². The van der Waals surface area contributed by atoms with E-state index >= 15 is 0 Å². The van der Waals surface area contributed by atoms with E-state index in [4.69, 9.17) is 11.6 Å². The summed E-state index contributed by atoms with van der Waals surface area (Å²) in [5.41, 5.74) is 2.66. The standard InChI is InChI=1S/C17H24N4O2.C6H3Cl.ClH/c22-16-14-6-2-3-7-15(14)19-17(23)21(16)11-5-1-4-10-20-12-8-18-9-13-20;7-6-2-1-4-3-5(4)6;/h2-3,6-7,18H,1,4-5,8-13H2,(H,19,23);1-3H;1H. The summed E-state index contributed by atoms with van der Waals surface area (Å²) in [4.78, 5) is 29.7. The van der Waals surface area contributed by atoms with Gasteiger partial charge >= 0.3 is 5.69 Å². The molecule has 1 aliphatic heterocycles. The normalized spacial score (nSPS) is 14.5. The van der Waals surface area contributed by atoms with E-state index in [1.165, 1.54) is 15.7 Å². The molecule has 31 heavy (non-hydrogen) atoms. The minimum Gasteiger partial charge on any atom is -0.314 e. The topological polar surface area (TPSA) is 70.1 Å². The maximum Gasteiger partial charge on any atom is 0.328 e. The van der Waals surface area contributed by atoms with Crippen molar-refractivity contribution in [3.05, 3.63) is 68.3 Å². The van der Waals surface area contributed by atoms with Crippen LogP contribution in [0.25, 0.3) is 22.0 Å². The highest BCUT2D eigenvalue weighted by Gasteiger charge is 2.14. The molecule has 2 N–H and O–H groups in total. The van der Waals surface area contributed by atoms with Crippen LogP contribution in [0.2, 0.25) is 5.02 Å². The van der Waals surface area contributed by atoms with E-state index in [0.29, 0.717) is 17.4 Å². The Kier molecular flexibility index (Phi) is 8.32. The van der Waals surface area contributed by atoms with E-state index in [1.807, 2.05) is 24.3 Å². The summed E-state index contributed by atoms with van der Waals surface area (Å²) in [6.45, 7) is 5.96. The molecule has 0 unspecified atom stereocenters. The Morgan fingerprint density at radius 1 is 0.935 bits per heavy atom. The van der Waals surface area contributed by atoms with Crippen LogP contribution in [-0.4, -0.2) is 47.2 Å². The van der Waals surface area contributed by atoms with Crippen molar-refractivity contribution in [1.29, 1.82) is 0 Å². The number of unbranched alkanes of at least 4 members (excludes halogenated alkanes) is 2. The smallest absolute Gasteiger partial charge is 0.314 e. The van der Waals surface area contributed by atoms with E-state index in [-0.39, 0.29) is 23.7 Å². The average molecular weight is 463 g/mol. The van der Waals surface area contributed by atoms with Gasteiger partial charge in [0.05, 0.1) is 10.9 Å². The maximum atomic E-state index is 12.4. The number of fused-ring (bicyclic) bond motifs is 2. The number of rotatable bonds is 6. The number of nitrogens with one attached hydrogen (secondary N) is 2. The predicted molar refractivity (Wildman–Crippen MR) is 130 cm³/mol. The Hall–Kier alpha value is -2.12. The first-order valence-electron chi connectivity index (χ1n) is 10.6. The Labute approximate surface area is 192 Å². The van der Waals surface area contributed by atoms with Gasteiger partial charge in [0.1, 0.15) is 0 Å². The number of hydrogen-bond donors (Lipinski definition) is 2. The summed E-state index contributed by atoms with van der Waals surface area (Å²) in [6.07, 6.45) is 3.00. The molecule has 2 aromatic rings. The van der Waals surface area contributed by atoms with Crippen LogP contribution in [0, 0.1) is 0 Å². The number of halogens is 2. The van der Waals surface area contributed by atoms with E-state index in [0.717, 1.165) is 57.0 Å². The molecular weight excluding hydrogens is 435 g/mol. The fraction of sp³-hybridized carbons (Fsp3) is 0.391. The van der Waals surface area contributed by atoms with Crippen LogP contribution in [0.3, 0.4) is 0 Å². The Morgan fingerprint density at radius 3 is 2.32 bits per heavy atom. The lowest BCUT2D eigenvalue weighted by atomic mass is 10.2. The number of benzene rings is 2. The minimum absolute atomic E-state index is 0. The second kappa shape index (κ2) is 11.0. The highest BCUT2D eigenvalue weighted by atomic mass is 35.5. The third-order valence-electron chi connectivity index (χ3n) is 5.65. The van der Waals surface area contributed by atoms with Gasteiger partial charge in [0.2, 0.25) is 0 Å². The summed E-state index contributed by atoms with van der Waals surface area (Å²) < 4.78 is 1.33. The van der Waals surface area contributed by atoms with Gasteiger partial charge in [-0.2, -0.15) is 0 Å². The Bertz CT molecular complexity index is 1140. The first-order valence-corrected chi connectivity index (χ1v) is 11.0. The number of H-pyrrole nitrogens is 1. The van der Waals surface area contributed by atoms with Crippen LogP contribution in [0.1, 0.15) is 19.3 Å². The van der Waals surface area contributed by atoms with Crippen LogP contribution >= 0.6 is 24.0 Å². The molecule has 1 saturated heterocycles. The Balaban J connectivity index is 0.000000285. The molecule has 0 spiro atoms. The number of nitrogens with zero attached hydrogens (tertiary/aromatic N) is 2. The van der Waals surface area contributed by atoms with Gasteiger partial charge < -0.3 is 15.2 Å². The van der Waals surface area contributed by atoms with Crippen molar-refractivity contribution >= 4 is 34.9 Å². The molecule has 0 radical (unpaired) electrons. The summed E-state index contributed by atoms with van der Waals surface area (Å²) in [6, 6.07) is 13.2. The van der Waals surface area contributed by atoms with Crippen molar-refractivity contribution in [1.82, 2.24) is 19.8 Å². The molecule has 5 rings (SSSR count). The van der Waals surface area contributed by atoms with Gasteiger partial charge in [0.25, 0.3) is 5.56 Å². The highest BCUT2D eigenvalue weighted by Crippen LogP contribution is 2.40. The summed E-state index contributed by atoms with van der Waals surface area (Å²) in [5, 5.41) is 4.82. The molecular formula is C23H28Cl2N4O2. The van der Waals surface area contributed by atoms with Crippen LogP contribution < -0.4 is 16.6 Å². The third kappa shape index (κ3) is 5.98. The monoisotopic (exact) mass is 462 g/mol. The zero-order chi connectivity index (χ0) is 20.9. The van der Waals surface area contributed by atoms with Gasteiger partial charge in [0.15, 0.2) is 0 Å². The molecule has 0 bridgehead atoms. The summed E-state index contributed by atoms with van der Waals surface area (Å²) >= 11 is 5.65. The van der Waals surface area contributed by atoms with Gasteiger partial charge in [-0.1, -0.05) is 36.2 Å².